The predicted molar refractivity (Wildman–Crippen MR) is 175 cm³/mol. The molecule has 10 heteroatoms. The van der Waals surface area contributed by atoms with Crippen LogP contribution in [0, 0.1) is 0 Å². The van der Waals surface area contributed by atoms with Gasteiger partial charge in [-0.2, -0.15) is 0 Å². The maximum absolute atomic E-state index is 13.3. The molecule has 7 rings (SSSR count). The Morgan fingerprint density at radius 3 is 1.59 bits per heavy atom. The number of benzene rings is 3. The highest BCUT2D eigenvalue weighted by atomic mass is 16.5. The van der Waals surface area contributed by atoms with Gasteiger partial charge in [-0.05, 0) is 42.2 Å². The standard InChI is InChI=1S/C36H34N4O6/c1-21-8-25-15-37-29-13-33(31(43-3)11-27(29)35(41)39(25)17-21)45-19-23-6-5-7-24(10-23)20-46-34-14-30-28(12-32(34)44-4)36(42)40-18-22(2)9-26(40)16-38-30/h5-7,10-16,25-26H,1-2,8-9,17-20H2,3-4H3/t25-,26-/m0/s1. The van der Waals surface area contributed by atoms with E-state index in [1.165, 1.54) is 0 Å². The summed E-state index contributed by atoms with van der Waals surface area (Å²) in [6.07, 6.45) is 5.05. The molecule has 0 N–H and O–H groups in total. The molecule has 2 fully saturated rings. The van der Waals surface area contributed by atoms with Crippen molar-refractivity contribution in [3.63, 3.8) is 0 Å². The smallest absolute Gasteiger partial charge is 0.257 e. The molecular weight excluding hydrogens is 584 g/mol. The Labute approximate surface area is 267 Å². The number of carbonyl (C=O) groups is 2. The summed E-state index contributed by atoms with van der Waals surface area (Å²) < 4.78 is 23.6. The van der Waals surface area contributed by atoms with Gasteiger partial charge in [-0.1, -0.05) is 42.5 Å². The van der Waals surface area contributed by atoms with Crippen molar-refractivity contribution in [2.24, 2.45) is 9.98 Å². The molecule has 10 nitrogen and oxygen atoms in total. The van der Waals surface area contributed by atoms with Crippen LogP contribution in [-0.2, 0) is 13.2 Å². The van der Waals surface area contributed by atoms with Crippen LogP contribution in [0.3, 0.4) is 0 Å². The van der Waals surface area contributed by atoms with Crippen molar-refractivity contribution in [1.29, 1.82) is 0 Å². The lowest BCUT2D eigenvalue weighted by Gasteiger charge is -2.20. The molecule has 0 saturated carbocycles. The van der Waals surface area contributed by atoms with Crippen LogP contribution in [0.25, 0.3) is 0 Å². The van der Waals surface area contributed by atoms with Crippen molar-refractivity contribution in [1.82, 2.24) is 9.80 Å². The summed E-state index contributed by atoms with van der Waals surface area (Å²) in [4.78, 5) is 39.4. The lowest BCUT2D eigenvalue weighted by molar-refractivity contribution is 0.0769. The first-order valence-corrected chi connectivity index (χ1v) is 15.1. The van der Waals surface area contributed by atoms with Gasteiger partial charge in [0.15, 0.2) is 23.0 Å². The molecule has 4 heterocycles. The van der Waals surface area contributed by atoms with Gasteiger partial charge in [0, 0.05) is 37.7 Å². The van der Waals surface area contributed by atoms with E-state index in [1.807, 2.05) is 36.7 Å². The molecule has 2 atom stereocenters. The zero-order valence-electron chi connectivity index (χ0n) is 25.8. The minimum Gasteiger partial charge on any atom is -0.493 e. The van der Waals surface area contributed by atoms with E-state index in [1.54, 1.807) is 48.3 Å². The summed E-state index contributed by atoms with van der Waals surface area (Å²) in [6.45, 7) is 9.66. The van der Waals surface area contributed by atoms with Crippen molar-refractivity contribution in [2.45, 2.75) is 38.1 Å². The molecule has 234 valence electrons. The summed E-state index contributed by atoms with van der Waals surface area (Å²) >= 11 is 0. The number of rotatable bonds is 8. The Balaban J connectivity index is 1.06. The van der Waals surface area contributed by atoms with Gasteiger partial charge in [-0.15, -0.1) is 0 Å². The topological polar surface area (TPSA) is 102 Å². The zero-order chi connectivity index (χ0) is 31.9. The third kappa shape index (κ3) is 5.40. The molecule has 3 aromatic carbocycles. The lowest BCUT2D eigenvalue weighted by Crippen LogP contribution is -2.35. The van der Waals surface area contributed by atoms with Crippen molar-refractivity contribution in [2.75, 3.05) is 27.3 Å². The van der Waals surface area contributed by atoms with Gasteiger partial charge in [0.05, 0.1) is 48.8 Å². The molecule has 0 bridgehead atoms. The van der Waals surface area contributed by atoms with Crippen molar-refractivity contribution >= 4 is 35.6 Å². The molecule has 0 aromatic heterocycles. The Morgan fingerprint density at radius 1 is 0.696 bits per heavy atom. The van der Waals surface area contributed by atoms with Crippen LogP contribution in [0.15, 0.2) is 82.8 Å². The van der Waals surface area contributed by atoms with E-state index in [0.717, 1.165) is 22.3 Å². The lowest BCUT2D eigenvalue weighted by atomic mass is 10.1. The van der Waals surface area contributed by atoms with Crippen LogP contribution in [0.5, 0.6) is 23.0 Å². The number of aliphatic imine (C=N–C) groups is 2. The summed E-state index contributed by atoms with van der Waals surface area (Å²) in [5.41, 5.74) is 5.93. The first-order chi connectivity index (χ1) is 22.3. The average molecular weight is 619 g/mol. The molecule has 4 aliphatic heterocycles. The molecule has 0 spiro atoms. The SMILES string of the molecule is C=C1C[C@H]2C=Nc3cc(OCc4cccc(COc5cc6c(cc5OC)C(=O)N5CC(=C)C[C@H]5C=N6)c4)c(OC)cc3C(=O)N2C1. The molecule has 2 saturated heterocycles. The maximum atomic E-state index is 13.3. The quantitative estimate of drug-likeness (QED) is 0.294. The molecule has 0 unspecified atom stereocenters. The first-order valence-electron chi connectivity index (χ1n) is 15.1. The molecular formula is C36H34N4O6. The number of fused-ring (bicyclic) bond motifs is 4. The number of ether oxygens (including phenoxy) is 4. The van der Waals surface area contributed by atoms with E-state index in [2.05, 4.69) is 23.1 Å². The fourth-order valence-electron chi connectivity index (χ4n) is 6.34. The molecule has 3 aromatic rings. The molecule has 46 heavy (non-hydrogen) atoms. The largest absolute Gasteiger partial charge is 0.493 e. The van der Waals surface area contributed by atoms with E-state index < -0.39 is 0 Å². The van der Waals surface area contributed by atoms with Crippen LogP contribution in [0.4, 0.5) is 11.4 Å². The minimum absolute atomic E-state index is 0.0905. The summed E-state index contributed by atoms with van der Waals surface area (Å²) in [6, 6.07) is 14.6. The predicted octanol–water partition coefficient (Wildman–Crippen LogP) is 5.84. The van der Waals surface area contributed by atoms with Crippen LogP contribution in [0.2, 0.25) is 0 Å². The summed E-state index contributed by atoms with van der Waals surface area (Å²) in [5, 5.41) is 0. The summed E-state index contributed by atoms with van der Waals surface area (Å²) in [5.74, 6) is 1.72. The van der Waals surface area contributed by atoms with Gasteiger partial charge >= 0.3 is 0 Å². The van der Waals surface area contributed by atoms with E-state index in [0.29, 0.717) is 71.4 Å². The second-order valence-corrected chi connectivity index (χ2v) is 11.9. The van der Waals surface area contributed by atoms with E-state index in [4.69, 9.17) is 18.9 Å². The highest BCUT2D eigenvalue weighted by Crippen LogP contribution is 2.40. The van der Waals surface area contributed by atoms with E-state index in [9.17, 15) is 9.59 Å². The maximum Gasteiger partial charge on any atom is 0.257 e. The van der Waals surface area contributed by atoms with Crippen LogP contribution in [0.1, 0.15) is 44.7 Å². The van der Waals surface area contributed by atoms with Crippen molar-refractivity contribution in [3.05, 3.63) is 95.1 Å². The fourth-order valence-corrected chi connectivity index (χ4v) is 6.34. The molecule has 0 radical (unpaired) electrons. The number of hydrogen-bond acceptors (Lipinski definition) is 8. The van der Waals surface area contributed by atoms with Crippen molar-refractivity contribution < 1.29 is 28.5 Å². The highest BCUT2D eigenvalue weighted by molar-refractivity contribution is 6.04. The van der Waals surface area contributed by atoms with E-state index >= 15 is 0 Å². The van der Waals surface area contributed by atoms with Gasteiger partial charge in [0.25, 0.3) is 11.8 Å². The number of hydrogen-bond donors (Lipinski definition) is 0. The summed E-state index contributed by atoms with van der Waals surface area (Å²) in [7, 11) is 3.10. The third-order valence-electron chi connectivity index (χ3n) is 8.68. The Kier molecular flexibility index (Phi) is 7.56. The first kappa shape index (κ1) is 29.3. The molecule has 0 aliphatic carbocycles. The van der Waals surface area contributed by atoms with Gasteiger partial charge in [0.1, 0.15) is 13.2 Å². The average Bonchev–Trinajstić information content (AvgIpc) is 3.57. The van der Waals surface area contributed by atoms with Gasteiger partial charge in [-0.25, -0.2) is 0 Å². The van der Waals surface area contributed by atoms with Crippen molar-refractivity contribution in [3.8, 4) is 23.0 Å². The number of nitrogens with zero attached hydrogens (tertiary/aromatic N) is 4. The van der Waals surface area contributed by atoms with Crippen LogP contribution >= 0.6 is 0 Å². The number of carbonyl (C=O) groups excluding carboxylic acids is 2. The number of methoxy groups -OCH3 is 2. The fraction of sp³-hybridized carbons (Fsp3) is 0.278. The van der Waals surface area contributed by atoms with Gasteiger partial charge in [-0.3, -0.25) is 19.6 Å². The third-order valence-corrected chi connectivity index (χ3v) is 8.68. The second kappa shape index (κ2) is 11.8. The molecule has 4 aliphatic rings. The van der Waals surface area contributed by atoms with E-state index in [-0.39, 0.29) is 37.1 Å². The van der Waals surface area contributed by atoms with Crippen LogP contribution < -0.4 is 18.9 Å². The second-order valence-electron chi connectivity index (χ2n) is 11.9. The zero-order valence-corrected chi connectivity index (χ0v) is 25.8. The highest BCUT2D eigenvalue weighted by Gasteiger charge is 2.35. The molecule has 2 amide bonds. The monoisotopic (exact) mass is 618 g/mol. The Bertz CT molecular complexity index is 1720. The minimum atomic E-state index is -0.0927. The van der Waals surface area contributed by atoms with Gasteiger partial charge < -0.3 is 28.7 Å². The number of amides is 2. The Hall–Kier alpha value is -5.38. The van der Waals surface area contributed by atoms with Crippen LogP contribution in [-0.4, -0.2) is 73.4 Å². The van der Waals surface area contributed by atoms with Gasteiger partial charge in [0.2, 0.25) is 0 Å². The normalized spacial score (nSPS) is 19.7. The Morgan fingerprint density at radius 2 is 1.15 bits per heavy atom.